The molecule has 4 atom stereocenters. The van der Waals surface area contributed by atoms with Gasteiger partial charge in [0.2, 0.25) is 11.8 Å². The number of hydrogen-bond donors (Lipinski definition) is 1. The predicted molar refractivity (Wildman–Crippen MR) is 161 cm³/mol. The lowest BCUT2D eigenvalue weighted by Gasteiger charge is -2.33. The molecule has 0 bridgehead atoms. The lowest BCUT2D eigenvalue weighted by atomic mass is 9.67. The number of carbonyl (C=O) groups is 2. The van der Waals surface area contributed by atoms with E-state index in [2.05, 4.69) is 49.4 Å². The summed E-state index contributed by atoms with van der Waals surface area (Å²) in [5.41, 5.74) is 5.49. The molecule has 0 saturated carbocycles. The summed E-state index contributed by atoms with van der Waals surface area (Å²) < 4.78 is 12.5. The number of methoxy groups -OCH3 is 1. The Morgan fingerprint density at radius 3 is 2.59 bits per heavy atom. The minimum absolute atomic E-state index is 0.0479. The summed E-state index contributed by atoms with van der Waals surface area (Å²) >= 11 is 2.12. The molecule has 0 aromatic heterocycles. The van der Waals surface area contributed by atoms with Gasteiger partial charge in [-0.2, -0.15) is 0 Å². The van der Waals surface area contributed by atoms with Crippen LogP contribution < -0.4 is 9.64 Å². The molecule has 7 heteroatoms. The quantitative estimate of drug-likeness (QED) is 0.196. The number of amides is 2. The van der Waals surface area contributed by atoms with Gasteiger partial charge in [-0.3, -0.25) is 14.5 Å². The number of fused-ring (bicyclic) bond motifs is 3. The fourth-order valence-corrected chi connectivity index (χ4v) is 7.15. The van der Waals surface area contributed by atoms with Gasteiger partial charge in [-0.25, -0.2) is 0 Å². The fraction of sp³-hybridized carbons (Fsp3) is 0.438. The molecule has 2 aromatic rings. The maximum absolute atomic E-state index is 13.7. The van der Waals surface area contributed by atoms with Crippen LogP contribution in [-0.2, 0) is 14.3 Å². The zero-order valence-electron chi connectivity index (χ0n) is 22.9. The summed E-state index contributed by atoms with van der Waals surface area (Å²) in [5, 5.41) is 10.2. The van der Waals surface area contributed by atoms with Gasteiger partial charge < -0.3 is 14.6 Å². The van der Waals surface area contributed by atoms with Crippen LogP contribution in [0.5, 0.6) is 11.5 Å². The summed E-state index contributed by atoms with van der Waals surface area (Å²) in [5.74, 6) is 0.0324. The molecule has 2 saturated heterocycles. The molecule has 1 N–H and O–H groups in total. The molecule has 5 rings (SSSR count). The molecule has 2 amide bonds. The second-order valence-corrected chi connectivity index (χ2v) is 12.2. The molecular formula is C32H36INO5. The van der Waals surface area contributed by atoms with Crippen LogP contribution in [0.2, 0.25) is 0 Å². The average molecular weight is 642 g/mol. The van der Waals surface area contributed by atoms with Crippen molar-refractivity contribution in [2.45, 2.75) is 52.6 Å². The third-order valence-electron chi connectivity index (χ3n) is 8.48. The maximum Gasteiger partial charge on any atom is 0.238 e. The number of aromatic hydroxyl groups is 1. The maximum atomic E-state index is 13.7. The van der Waals surface area contributed by atoms with Crippen LogP contribution in [0.4, 0.5) is 5.69 Å². The van der Waals surface area contributed by atoms with Gasteiger partial charge in [0.15, 0.2) is 11.5 Å². The van der Waals surface area contributed by atoms with Crippen LogP contribution in [0, 0.1) is 27.2 Å². The number of benzene rings is 2. The van der Waals surface area contributed by atoms with Crippen molar-refractivity contribution in [1.29, 1.82) is 0 Å². The Kier molecular flexibility index (Phi) is 8.19. The van der Waals surface area contributed by atoms with E-state index < -0.39 is 0 Å². The van der Waals surface area contributed by atoms with Crippen LogP contribution in [0.1, 0.15) is 52.0 Å². The Labute approximate surface area is 244 Å². The van der Waals surface area contributed by atoms with E-state index in [4.69, 9.17) is 9.47 Å². The second kappa shape index (κ2) is 11.5. The van der Waals surface area contributed by atoms with Crippen molar-refractivity contribution >= 4 is 46.2 Å². The summed E-state index contributed by atoms with van der Waals surface area (Å²) in [4.78, 5) is 28.6. The molecule has 3 aliphatic rings. The molecule has 6 nitrogen and oxygen atoms in total. The van der Waals surface area contributed by atoms with Gasteiger partial charge in [-0.05, 0) is 89.6 Å². The zero-order chi connectivity index (χ0) is 27.8. The molecule has 2 aliphatic heterocycles. The molecule has 0 spiro atoms. The first-order valence-electron chi connectivity index (χ1n) is 13.8. The van der Waals surface area contributed by atoms with E-state index in [0.717, 1.165) is 28.4 Å². The van der Waals surface area contributed by atoms with Crippen LogP contribution in [0.3, 0.4) is 0 Å². The van der Waals surface area contributed by atoms with Crippen molar-refractivity contribution in [1.82, 2.24) is 0 Å². The molecular weight excluding hydrogens is 605 g/mol. The zero-order valence-corrected chi connectivity index (χ0v) is 25.1. The molecule has 0 unspecified atom stereocenters. The number of nitrogens with zero attached hydrogens (tertiary/aromatic N) is 1. The van der Waals surface area contributed by atoms with Gasteiger partial charge in [0, 0.05) is 5.92 Å². The Balaban J connectivity index is 1.39. The van der Waals surface area contributed by atoms with Crippen LogP contribution in [0.15, 0.2) is 59.2 Å². The van der Waals surface area contributed by atoms with Gasteiger partial charge in [0.05, 0.1) is 40.9 Å². The Bertz CT molecular complexity index is 1330. The highest BCUT2D eigenvalue weighted by atomic mass is 127. The van der Waals surface area contributed by atoms with E-state index in [1.54, 1.807) is 7.11 Å². The minimum Gasteiger partial charge on any atom is -0.504 e. The number of para-hydroxylation sites is 1. The SMILES string of the molecule is CC/C(=C\c1cc(I)c(O)c(OC)c1)CC[C@H]1OC[C@H]2C1=C(C(C)C)C[C@H]1C(=O)N(c3ccccc3)C(=O)[C@H]12. The Hall–Kier alpha value is -2.65. The van der Waals surface area contributed by atoms with E-state index in [1.807, 2.05) is 42.5 Å². The average Bonchev–Trinajstić information content (AvgIpc) is 3.46. The van der Waals surface area contributed by atoms with Crippen LogP contribution in [0.25, 0.3) is 6.08 Å². The lowest BCUT2D eigenvalue weighted by molar-refractivity contribution is -0.122. The highest BCUT2D eigenvalue weighted by Crippen LogP contribution is 2.52. The van der Waals surface area contributed by atoms with Crippen molar-refractivity contribution in [3.05, 3.63) is 68.3 Å². The first kappa shape index (κ1) is 27.9. The Morgan fingerprint density at radius 1 is 1.18 bits per heavy atom. The second-order valence-electron chi connectivity index (χ2n) is 11.0. The standard InChI is InChI=1S/C32H36INO5/c1-5-19(13-20-14-25(33)30(35)27(15-20)38-4)11-12-26-28-22(18(2)3)16-23-29(24(28)17-39-26)32(37)34(31(23)36)21-9-7-6-8-10-21/h6-10,13-15,18,23-24,26,29,35H,5,11-12,16-17H2,1-4H3/b19-13+/t23-,24+,26-,29-/m1/s1. The molecule has 2 heterocycles. The number of allylic oxidation sites excluding steroid dienone is 2. The number of phenols is 1. The van der Waals surface area contributed by atoms with Gasteiger partial charge in [-0.1, -0.05) is 56.2 Å². The summed E-state index contributed by atoms with van der Waals surface area (Å²) in [6.07, 6.45) is 5.34. The summed E-state index contributed by atoms with van der Waals surface area (Å²) in [7, 11) is 1.56. The van der Waals surface area contributed by atoms with Gasteiger partial charge in [-0.15, -0.1) is 0 Å². The van der Waals surface area contributed by atoms with Crippen molar-refractivity contribution in [3.8, 4) is 11.5 Å². The van der Waals surface area contributed by atoms with E-state index in [-0.39, 0.29) is 47.3 Å². The summed E-state index contributed by atoms with van der Waals surface area (Å²) in [6.45, 7) is 7.00. The monoisotopic (exact) mass is 641 g/mol. The third-order valence-corrected chi connectivity index (χ3v) is 9.30. The number of ether oxygens (including phenoxy) is 2. The first-order chi connectivity index (χ1) is 18.7. The van der Waals surface area contributed by atoms with E-state index in [1.165, 1.54) is 21.6 Å². The van der Waals surface area contributed by atoms with Crippen molar-refractivity contribution in [3.63, 3.8) is 0 Å². The molecule has 39 heavy (non-hydrogen) atoms. The van der Waals surface area contributed by atoms with E-state index >= 15 is 0 Å². The number of phenolic OH excluding ortho intramolecular Hbond substituents is 1. The molecule has 2 fully saturated rings. The third kappa shape index (κ3) is 5.15. The van der Waals surface area contributed by atoms with E-state index in [9.17, 15) is 14.7 Å². The minimum atomic E-state index is -0.354. The molecule has 206 valence electrons. The van der Waals surface area contributed by atoms with Crippen molar-refractivity contribution < 1.29 is 24.2 Å². The number of imide groups is 1. The summed E-state index contributed by atoms with van der Waals surface area (Å²) in [6, 6.07) is 13.1. The highest BCUT2D eigenvalue weighted by Gasteiger charge is 2.57. The normalized spacial score (nSPS) is 25.0. The Morgan fingerprint density at radius 2 is 1.92 bits per heavy atom. The molecule has 2 aromatic carbocycles. The van der Waals surface area contributed by atoms with Gasteiger partial charge in [0.1, 0.15) is 0 Å². The van der Waals surface area contributed by atoms with E-state index in [0.29, 0.717) is 24.5 Å². The lowest BCUT2D eigenvalue weighted by Crippen LogP contribution is -2.35. The molecule has 0 radical (unpaired) electrons. The van der Waals surface area contributed by atoms with Crippen molar-refractivity contribution in [2.24, 2.45) is 23.7 Å². The first-order valence-corrected chi connectivity index (χ1v) is 14.9. The van der Waals surface area contributed by atoms with Gasteiger partial charge >= 0.3 is 0 Å². The fourth-order valence-electron chi connectivity index (χ4n) is 6.53. The van der Waals surface area contributed by atoms with Crippen LogP contribution >= 0.6 is 22.6 Å². The topological polar surface area (TPSA) is 76.1 Å². The highest BCUT2D eigenvalue weighted by molar-refractivity contribution is 14.1. The number of anilines is 1. The number of carbonyl (C=O) groups excluding carboxylic acids is 2. The predicted octanol–water partition coefficient (Wildman–Crippen LogP) is 6.76. The molecule has 1 aliphatic carbocycles. The number of hydrogen-bond acceptors (Lipinski definition) is 5. The van der Waals surface area contributed by atoms with Crippen molar-refractivity contribution in [2.75, 3.05) is 18.6 Å². The number of rotatable bonds is 8. The largest absolute Gasteiger partial charge is 0.504 e. The smallest absolute Gasteiger partial charge is 0.238 e. The van der Waals surface area contributed by atoms with Crippen LogP contribution in [-0.4, -0.2) is 36.7 Å². The number of halogens is 1. The van der Waals surface area contributed by atoms with Gasteiger partial charge in [0.25, 0.3) is 0 Å².